The first-order valence-corrected chi connectivity index (χ1v) is 12.6. The molecule has 0 radical (unpaired) electrons. The van der Waals surface area contributed by atoms with E-state index in [1.807, 2.05) is 6.26 Å². The van der Waals surface area contributed by atoms with Gasteiger partial charge in [0, 0.05) is 16.6 Å². The van der Waals surface area contributed by atoms with Gasteiger partial charge in [0.25, 0.3) is 0 Å². The van der Waals surface area contributed by atoms with E-state index in [1.165, 1.54) is 6.07 Å². The van der Waals surface area contributed by atoms with Crippen molar-refractivity contribution >= 4 is 35.0 Å². The number of benzene rings is 3. The molecule has 8 heteroatoms. The number of hydrogen-bond donors (Lipinski definition) is 0. The molecule has 3 nitrogen and oxygen atoms in total. The third kappa shape index (κ3) is 5.53. The lowest BCUT2D eigenvalue weighted by atomic mass is 9.96. The highest BCUT2D eigenvalue weighted by Crippen LogP contribution is 2.43. The minimum atomic E-state index is -4.44. The molecule has 1 fully saturated rings. The van der Waals surface area contributed by atoms with Crippen LogP contribution < -0.4 is 9.64 Å². The molecule has 1 aliphatic heterocycles. The summed E-state index contributed by atoms with van der Waals surface area (Å²) >= 11 is 7.56. The number of alkyl halides is 3. The van der Waals surface area contributed by atoms with Crippen molar-refractivity contribution in [3.05, 3.63) is 88.9 Å². The van der Waals surface area contributed by atoms with Crippen molar-refractivity contribution < 1.29 is 22.7 Å². The summed E-state index contributed by atoms with van der Waals surface area (Å²) < 4.78 is 45.8. The average molecular weight is 506 g/mol. The summed E-state index contributed by atoms with van der Waals surface area (Å²) in [5.74, 6) is 1.70. The van der Waals surface area contributed by atoms with Gasteiger partial charge in [-0.3, -0.25) is 4.79 Å². The Morgan fingerprint density at radius 1 is 1.03 bits per heavy atom. The third-order valence-corrected chi connectivity index (χ3v) is 6.74. The van der Waals surface area contributed by atoms with Crippen molar-refractivity contribution in [2.45, 2.75) is 25.1 Å². The largest absolute Gasteiger partial charge is 0.457 e. The Bertz CT molecular complexity index is 1140. The highest BCUT2D eigenvalue weighted by atomic mass is 35.5. The molecule has 0 bridgehead atoms. The normalized spacial score (nSPS) is 18.4. The summed E-state index contributed by atoms with van der Waals surface area (Å²) in [4.78, 5) is 15.0. The number of nitrogens with zero attached hydrogens (tertiary/aromatic N) is 1. The van der Waals surface area contributed by atoms with Gasteiger partial charge in [-0.2, -0.15) is 24.9 Å². The van der Waals surface area contributed by atoms with Gasteiger partial charge in [-0.05, 0) is 91.1 Å². The monoisotopic (exact) mass is 505 g/mol. The lowest BCUT2D eigenvalue weighted by Gasteiger charge is -2.26. The van der Waals surface area contributed by atoms with Gasteiger partial charge in [0.1, 0.15) is 11.5 Å². The third-order valence-electron chi connectivity index (χ3n) is 5.84. The predicted octanol–water partition coefficient (Wildman–Crippen LogP) is 8.00. The van der Waals surface area contributed by atoms with Gasteiger partial charge in [-0.15, -0.1) is 0 Å². The second-order valence-corrected chi connectivity index (χ2v) is 9.53. The van der Waals surface area contributed by atoms with Gasteiger partial charge in [0.2, 0.25) is 5.91 Å². The molecular weight excluding hydrogens is 483 g/mol. The van der Waals surface area contributed by atoms with Crippen LogP contribution in [0.15, 0.2) is 72.8 Å². The molecule has 1 saturated heterocycles. The lowest BCUT2D eigenvalue weighted by molar-refractivity contribution is -0.137. The molecule has 178 valence electrons. The van der Waals surface area contributed by atoms with E-state index in [-0.39, 0.29) is 11.8 Å². The van der Waals surface area contributed by atoms with Crippen molar-refractivity contribution in [2.24, 2.45) is 5.92 Å². The first kappa shape index (κ1) is 24.5. The van der Waals surface area contributed by atoms with Crippen molar-refractivity contribution in [1.82, 2.24) is 0 Å². The molecule has 0 spiro atoms. The van der Waals surface area contributed by atoms with Crippen LogP contribution in [0.4, 0.5) is 18.9 Å². The van der Waals surface area contributed by atoms with E-state index in [0.29, 0.717) is 40.6 Å². The van der Waals surface area contributed by atoms with Crippen LogP contribution >= 0.6 is 23.4 Å². The fourth-order valence-electron chi connectivity index (χ4n) is 4.16. The van der Waals surface area contributed by atoms with Gasteiger partial charge >= 0.3 is 6.18 Å². The van der Waals surface area contributed by atoms with E-state index >= 15 is 0 Å². The molecule has 2 unspecified atom stereocenters. The number of carbonyl (C=O) groups is 1. The van der Waals surface area contributed by atoms with Gasteiger partial charge in [-0.1, -0.05) is 23.7 Å². The molecule has 2 atom stereocenters. The van der Waals surface area contributed by atoms with E-state index in [1.54, 1.807) is 71.3 Å². The Labute approximate surface area is 205 Å². The molecule has 3 aromatic rings. The zero-order valence-corrected chi connectivity index (χ0v) is 20.0. The first-order valence-electron chi connectivity index (χ1n) is 10.8. The zero-order valence-electron chi connectivity index (χ0n) is 18.4. The van der Waals surface area contributed by atoms with E-state index in [9.17, 15) is 18.0 Å². The summed E-state index contributed by atoms with van der Waals surface area (Å²) in [7, 11) is 0. The van der Waals surface area contributed by atoms with Gasteiger partial charge in [0.15, 0.2) is 0 Å². The molecule has 1 aliphatic rings. The summed E-state index contributed by atoms with van der Waals surface area (Å²) in [5.41, 5.74) is 0.399. The number of rotatable bonds is 7. The number of thioether (sulfide) groups is 1. The van der Waals surface area contributed by atoms with E-state index in [2.05, 4.69) is 0 Å². The van der Waals surface area contributed by atoms with Crippen LogP contribution in [-0.2, 0) is 11.0 Å². The van der Waals surface area contributed by atoms with Crippen LogP contribution in [0.1, 0.15) is 30.0 Å². The van der Waals surface area contributed by atoms with Gasteiger partial charge < -0.3 is 9.64 Å². The van der Waals surface area contributed by atoms with E-state index in [0.717, 1.165) is 17.9 Å². The van der Waals surface area contributed by atoms with Crippen LogP contribution in [-0.4, -0.2) is 17.9 Å². The molecule has 0 aliphatic carbocycles. The topological polar surface area (TPSA) is 29.5 Å². The van der Waals surface area contributed by atoms with Crippen LogP contribution in [0.5, 0.6) is 11.5 Å². The molecule has 3 aromatic carbocycles. The fraction of sp³-hybridized carbons (Fsp3) is 0.269. The highest BCUT2D eigenvalue weighted by molar-refractivity contribution is 7.98. The number of anilines is 1. The molecule has 1 amide bonds. The predicted molar refractivity (Wildman–Crippen MR) is 131 cm³/mol. The zero-order chi connectivity index (χ0) is 24.3. The Kier molecular flexibility index (Phi) is 7.43. The van der Waals surface area contributed by atoms with Crippen LogP contribution in [0.2, 0.25) is 5.02 Å². The lowest BCUT2D eigenvalue weighted by Crippen LogP contribution is -2.29. The summed E-state index contributed by atoms with van der Waals surface area (Å²) in [6.45, 7) is 0. The van der Waals surface area contributed by atoms with Crippen molar-refractivity contribution in [3.63, 3.8) is 0 Å². The quantitative estimate of drug-likeness (QED) is 0.326. The second kappa shape index (κ2) is 10.3. The molecular formula is C26H23ClF3NO2S. The summed E-state index contributed by atoms with van der Waals surface area (Å²) in [5, 5.41) is 0.604. The number of hydrogen-bond acceptors (Lipinski definition) is 3. The van der Waals surface area contributed by atoms with Gasteiger partial charge in [0.05, 0.1) is 11.6 Å². The number of ether oxygens (including phenoxy) is 1. The fourth-order valence-corrected chi connectivity index (χ4v) is 4.80. The standard InChI is InChI=1S/C26H23ClF3NO2S/c1-34-14-13-18-16-24(17-3-2-4-19(15-17)26(28,29)30)31(25(18)32)21-7-11-23(12-8-21)33-22-9-5-20(27)6-10-22/h2-12,15,18,24H,13-14,16H2,1H3. The van der Waals surface area contributed by atoms with Crippen molar-refractivity contribution in [3.8, 4) is 11.5 Å². The highest BCUT2D eigenvalue weighted by Gasteiger charge is 2.41. The Morgan fingerprint density at radius 2 is 1.68 bits per heavy atom. The molecule has 4 rings (SSSR count). The first-order chi connectivity index (χ1) is 16.3. The average Bonchev–Trinajstić information content (AvgIpc) is 3.15. The Morgan fingerprint density at radius 3 is 2.29 bits per heavy atom. The summed E-state index contributed by atoms with van der Waals surface area (Å²) in [6, 6.07) is 18.8. The van der Waals surface area contributed by atoms with Crippen molar-refractivity contribution in [2.75, 3.05) is 16.9 Å². The Hall–Kier alpha value is -2.64. The molecule has 0 N–H and O–H groups in total. The number of carbonyl (C=O) groups excluding carboxylic acids is 1. The van der Waals surface area contributed by atoms with Crippen LogP contribution in [0.3, 0.4) is 0 Å². The number of halogens is 4. The molecule has 1 heterocycles. The SMILES string of the molecule is CSCCC1CC(c2cccc(C(F)(F)F)c2)N(c2ccc(Oc3ccc(Cl)cc3)cc2)C1=O. The molecule has 0 saturated carbocycles. The maximum absolute atomic E-state index is 13.3. The maximum Gasteiger partial charge on any atom is 0.416 e. The number of amides is 1. The maximum atomic E-state index is 13.3. The van der Waals surface area contributed by atoms with E-state index < -0.39 is 17.8 Å². The molecule has 34 heavy (non-hydrogen) atoms. The van der Waals surface area contributed by atoms with Crippen molar-refractivity contribution in [1.29, 1.82) is 0 Å². The van der Waals surface area contributed by atoms with Crippen LogP contribution in [0, 0.1) is 5.92 Å². The smallest absolute Gasteiger partial charge is 0.416 e. The van der Waals surface area contributed by atoms with Gasteiger partial charge in [-0.25, -0.2) is 0 Å². The summed E-state index contributed by atoms with van der Waals surface area (Å²) in [6.07, 6.45) is -1.31. The minimum Gasteiger partial charge on any atom is -0.457 e. The minimum absolute atomic E-state index is 0.0668. The van der Waals surface area contributed by atoms with E-state index in [4.69, 9.17) is 16.3 Å². The van der Waals surface area contributed by atoms with Crippen LogP contribution in [0.25, 0.3) is 0 Å². The Balaban J connectivity index is 1.62. The second-order valence-electron chi connectivity index (χ2n) is 8.11. The molecule has 0 aromatic heterocycles.